The van der Waals surface area contributed by atoms with Crippen molar-refractivity contribution >= 4 is 11.9 Å². The SMILES string of the molecule is CCCCCCCCCC(CCCCCCC(=O)OC(CCCC)CCCCCC)C1CC(C(=O)O)CCN1C. The summed E-state index contributed by atoms with van der Waals surface area (Å²) >= 11 is 0. The highest BCUT2D eigenvalue weighted by Crippen LogP contribution is 2.33. The van der Waals surface area contributed by atoms with Crippen molar-refractivity contribution in [3.8, 4) is 0 Å². The minimum absolute atomic E-state index is 0.00282. The van der Waals surface area contributed by atoms with E-state index in [9.17, 15) is 14.7 Å². The van der Waals surface area contributed by atoms with E-state index in [1.54, 1.807) is 0 Å². The van der Waals surface area contributed by atoms with Gasteiger partial charge >= 0.3 is 11.9 Å². The Morgan fingerprint density at radius 3 is 1.82 bits per heavy atom. The van der Waals surface area contributed by atoms with Crippen LogP contribution in [-0.2, 0) is 14.3 Å². The molecular weight excluding hydrogens is 498 g/mol. The molecule has 0 saturated carbocycles. The molecule has 1 N–H and O–H groups in total. The Hall–Kier alpha value is -1.10. The number of esters is 1. The molecule has 0 aromatic carbocycles. The Balaban J connectivity index is 2.42. The second-order valence-corrected chi connectivity index (χ2v) is 12.8. The summed E-state index contributed by atoms with van der Waals surface area (Å²) in [7, 11) is 2.20. The van der Waals surface area contributed by atoms with Gasteiger partial charge in [0.15, 0.2) is 0 Å². The van der Waals surface area contributed by atoms with Crippen molar-refractivity contribution in [1.29, 1.82) is 0 Å². The fraction of sp³-hybridized carbons (Fsp3) is 0.943. The third-order valence-corrected chi connectivity index (χ3v) is 9.26. The Bertz CT molecular complexity index is 625. The zero-order valence-electron chi connectivity index (χ0n) is 27.1. The lowest BCUT2D eigenvalue weighted by Crippen LogP contribution is -2.46. The molecule has 5 heteroatoms. The smallest absolute Gasteiger partial charge is 0.306 e. The summed E-state index contributed by atoms with van der Waals surface area (Å²) in [6.45, 7) is 7.59. The van der Waals surface area contributed by atoms with Gasteiger partial charge in [0.1, 0.15) is 6.10 Å². The fourth-order valence-corrected chi connectivity index (χ4v) is 6.55. The highest BCUT2D eigenvalue weighted by molar-refractivity contribution is 5.70. The zero-order chi connectivity index (χ0) is 29.4. The van der Waals surface area contributed by atoms with Crippen molar-refractivity contribution in [3.05, 3.63) is 0 Å². The van der Waals surface area contributed by atoms with E-state index in [0.717, 1.165) is 64.3 Å². The average Bonchev–Trinajstić information content (AvgIpc) is 2.94. The number of ether oxygens (including phenoxy) is 1. The summed E-state index contributed by atoms with van der Waals surface area (Å²) in [6, 6.07) is 0.391. The lowest BCUT2D eigenvalue weighted by molar-refractivity contribution is -0.150. The Morgan fingerprint density at radius 2 is 1.23 bits per heavy atom. The predicted octanol–water partition coefficient (Wildman–Crippen LogP) is 9.95. The molecule has 5 nitrogen and oxygen atoms in total. The van der Waals surface area contributed by atoms with Gasteiger partial charge in [-0.05, 0) is 70.9 Å². The molecule has 1 saturated heterocycles. The lowest BCUT2D eigenvalue weighted by Gasteiger charge is -2.40. The number of hydrogen-bond donors (Lipinski definition) is 1. The van der Waals surface area contributed by atoms with Crippen LogP contribution in [0.2, 0.25) is 0 Å². The second-order valence-electron chi connectivity index (χ2n) is 12.8. The number of likely N-dealkylation sites (tertiary alicyclic amines) is 1. The average molecular weight is 566 g/mol. The molecule has 1 aliphatic rings. The van der Waals surface area contributed by atoms with Gasteiger partial charge < -0.3 is 14.7 Å². The van der Waals surface area contributed by atoms with E-state index in [0.29, 0.717) is 18.4 Å². The molecule has 40 heavy (non-hydrogen) atoms. The van der Waals surface area contributed by atoms with E-state index in [1.807, 2.05) is 0 Å². The Morgan fingerprint density at radius 1 is 0.725 bits per heavy atom. The van der Waals surface area contributed by atoms with Gasteiger partial charge in [-0.25, -0.2) is 0 Å². The van der Waals surface area contributed by atoms with E-state index in [2.05, 4.69) is 32.7 Å². The summed E-state index contributed by atoms with van der Waals surface area (Å²) in [5.74, 6) is -0.217. The van der Waals surface area contributed by atoms with E-state index < -0.39 is 5.97 Å². The normalized spacial score (nSPS) is 19.4. The van der Waals surface area contributed by atoms with Gasteiger partial charge in [-0.2, -0.15) is 0 Å². The Labute approximate surface area is 248 Å². The molecule has 0 amide bonds. The maximum atomic E-state index is 12.5. The van der Waals surface area contributed by atoms with Crippen LogP contribution in [-0.4, -0.2) is 47.7 Å². The number of hydrogen-bond acceptors (Lipinski definition) is 4. The maximum Gasteiger partial charge on any atom is 0.306 e. The number of nitrogens with zero attached hydrogens (tertiary/aromatic N) is 1. The Kier molecular flexibility index (Phi) is 22.6. The molecule has 0 bridgehead atoms. The quantitative estimate of drug-likeness (QED) is 0.0835. The van der Waals surface area contributed by atoms with Gasteiger partial charge in [0.25, 0.3) is 0 Å². The first-order valence-electron chi connectivity index (χ1n) is 17.5. The van der Waals surface area contributed by atoms with Crippen molar-refractivity contribution in [2.24, 2.45) is 11.8 Å². The van der Waals surface area contributed by atoms with Crippen LogP contribution in [0.1, 0.15) is 175 Å². The first kappa shape index (κ1) is 36.9. The fourth-order valence-electron chi connectivity index (χ4n) is 6.55. The van der Waals surface area contributed by atoms with E-state index in [1.165, 1.54) is 89.9 Å². The summed E-state index contributed by atoms with van der Waals surface area (Å²) < 4.78 is 5.89. The highest BCUT2D eigenvalue weighted by Gasteiger charge is 2.34. The van der Waals surface area contributed by atoms with E-state index in [4.69, 9.17) is 4.74 Å². The van der Waals surface area contributed by atoms with Crippen molar-refractivity contribution in [2.45, 2.75) is 187 Å². The van der Waals surface area contributed by atoms with Gasteiger partial charge in [0.2, 0.25) is 0 Å². The van der Waals surface area contributed by atoms with Gasteiger partial charge in [-0.3, -0.25) is 9.59 Å². The number of carbonyl (C=O) groups excluding carboxylic acids is 1. The molecule has 4 unspecified atom stereocenters. The lowest BCUT2D eigenvalue weighted by atomic mass is 9.79. The summed E-state index contributed by atoms with van der Waals surface area (Å²) in [4.78, 5) is 26.7. The van der Waals surface area contributed by atoms with Crippen LogP contribution in [0.15, 0.2) is 0 Å². The van der Waals surface area contributed by atoms with Crippen molar-refractivity contribution in [3.63, 3.8) is 0 Å². The number of carbonyl (C=O) groups is 2. The number of carboxylic acid groups (broad SMARTS) is 1. The molecule has 1 heterocycles. The van der Waals surface area contributed by atoms with Gasteiger partial charge in [-0.15, -0.1) is 0 Å². The molecule has 1 fully saturated rings. The van der Waals surface area contributed by atoms with Crippen molar-refractivity contribution in [2.75, 3.05) is 13.6 Å². The molecular formula is C35H67NO4. The monoisotopic (exact) mass is 566 g/mol. The van der Waals surface area contributed by atoms with Crippen molar-refractivity contribution < 1.29 is 19.4 Å². The largest absolute Gasteiger partial charge is 0.481 e. The third-order valence-electron chi connectivity index (χ3n) is 9.26. The summed E-state index contributed by atoms with van der Waals surface area (Å²) in [5, 5.41) is 9.66. The van der Waals surface area contributed by atoms with Crippen LogP contribution >= 0.6 is 0 Å². The molecule has 1 aliphatic heterocycles. The number of unbranched alkanes of at least 4 members (excludes halogenated alkanes) is 13. The summed E-state index contributed by atoms with van der Waals surface area (Å²) in [5.41, 5.74) is 0. The van der Waals surface area contributed by atoms with Crippen LogP contribution < -0.4 is 0 Å². The number of piperidine rings is 1. The molecule has 0 spiro atoms. The first-order valence-corrected chi connectivity index (χ1v) is 17.5. The second kappa shape index (κ2) is 24.5. The summed E-state index contributed by atoms with van der Waals surface area (Å²) in [6.07, 6.45) is 27.4. The molecule has 0 radical (unpaired) electrons. The molecule has 1 rings (SSSR count). The van der Waals surface area contributed by atoms with Gasteiger partial charge in [0, 0.05) is 12.5 Å². The van der Waals surface area contributed by atoms with Crippen LogP contribution in [0.25, 0.3) is 0 Å². The number of rotatable bonds is 26. The van der Waals surface area contributed by atoms with Crippen LogP contribution in [0.4, 0.5) is 0 Å². The number of carboxylic acids is 1. The van der Waals surface area contributed by atoms with E-state index in [-0.39, 0.29) is 18.0 Å². The standard InChI is InChI=1S/C35H67NO4/c1-5-8-11-13-14-15-18-22-30(33-29-31(35(38)39)27-28-36(33)4)23-19-16-17-21-26-34(37)40-32(24-10-7-3)25-20-12-9-6-2/h30-33H,5-29H2,1-4H3,(H,38,39). The molecule has 0 aromatic rings. The highest BCUT2D eigenvalue weighted by atomic mass is 16.5. The minimum Gasteiger partial charge on any atom is -0.481 e. The zero-order valence-corrected chi connectivity index (χ0v) is 27.1. The maximum absolute atomic E-state index is 12.5. The van der Waals surface area contributed by atoms with Crippen LogP contribution in [0.3, 0.4) is 0 Å². The van der Waals surface area contributed by atoms with Gasteiger partial charge in [-0.1, -0.05) is 117 Å². The van der Waals surface area contributed by atoms with E-state index >= 15 is 0 Å². The third kappa shape index (κ3) is 17.7. The molecule has 0 aliphatic carbocycles. The van der Waals surface area contributed by atoms with Crippen molar-refractivity contribution in [1.82, 2.24) is 4.90 Å². The molecule has 236 valence electrons. The molecule has 0 aromatic heterocycles. The predicted molar refractivity (Wildman–Crippen MR) is 169 cm³/mol. The molecule has 4 atom stereocenters. The first-order chi connectivity index (χ1) is 19.4. The number of aliphatic carboxylic acids is 1. The minimum atomic E-state index is -0.613. The van der Waals surface area contributed by atoms with Crippen LogP contribution in [0, 0.1) is 11.8 Å². The van der Waals surface area contributed by atoms with Crippen LogP contribution in [0.5, 0.6) is 0 Å². The van der Waals surface area contributed by atoms with Gasteiger partial charge in [0.05, 0.1) is 5.92 Å². The topological polar surface area (TPSA) is 66.8 Å².